The van der Waals surface area contributed by atoms with Gasteiger partial charge in [-0.25, -0.2) is 9.37 Å². The van der Waals surface area contributed by atoms with E-state index in [-0.39, 0.29) is 10.7 Å². The van der Waals surface area contributed by atoms with E-state index in [1.165, 1.54) is 34.6 Å². The number of hydrogen-bond acceptors (Lipinski definition) is 4. The van der Waals surface area contributed by atoms with Crippen LogP contribution in [0.1, 0.15) is 11.3 Å². The molecule has 0 spiro atoms. The largest absolute Gasteiger partial charge is 0.326 e. The van der Waals surface area contributed by atoms with Gasteiger partial charge in [0, 0.05) is 24.0 Å². The third-order valence-corrected chi connectivity index (χ3v) is 4.21. The van der Waals surface area contributed by atoms with Gasteiger partial charge < -0.3 is 4.57 Å². The Kier molecular flexibility index (Phi) is 3.92. The lowest BCUT2D eigenvalue weighted by Crippen LogP contribution is -2.20. The number of rotatable bonds is 3. The molecule has 0 aliphatic heterocycles. The smallest absolute Gasteiger partial charge is 0.274 e. The van der Waals surface area contributed by atoms with Crippen LogP contribution in [-0.2, 0) is 6.54 Å². The summed E-state index contributed by atoms with van der Waals surface area (Å²) in [5.74, 6) is -0.563. The van der Waals surface area contributed by atoms with Crippen molar-refractivity contribution in [3.63, 3.8) is 0 Å². The van der Waals surface area contributed by atoms with Crippen molar-refractivity contribution in [2.45, 2.75) is 18.5 Å². The zero-order valence-corrected chi connectivity index (χ0v) is 13.5. The number of thioether (sulfide) groups is 1. The third-order valence-electron chi connectivity index (χ3n) is 3.31. The van der Waals surface area contributed by atoms with Gasteiger partial charge in [-0.2, -0.15) is 9.61 Å². The first kappa shape index (κ1) is 15.1. The Bertz CT molecular complexity index is 921. The summed E-state index contributed by atoms with van der Waals surface area (Å²) in [4.78, 5) is 15.8. The van der Waals surface area contributed by atoms with Gasteiger partial charge in [-0.1, -0.05) is 11.6 Å². The highest BCUT2D eigenvalue weighted by Gasteiger charge is 2.11. The van der Waals surface area contributed by atoms with Crippen molar-refractivity contribution in [3.05, 3.63) is 57.0 Å². The van der Waals surface area contributed by atoms with Crippen LogP contribution in [0.4, 0.5) is 4.39 Å². The monoisotopic (exact) mass is 338 g/mol. The molecule has 0 atom stereocenters. The molecule has 5 nitrogen and oxygen atoms in total. The zero-order valence-electron chi connectivity index (χ0n) is 11.9. The van der Waals surface area contributed by atoms with Gasteiger partial charge in [0.1, 0.15) is 10.7 Å². The summed E-state index contributed by atoms with van der Waals surface area (Å²) in [5.41, 5.74) is 1.89. The van der Waals surface area contributed by atoms with Gasteiger partial charge >= 0.3 is 0 Å². The van der Waals surface area contributed by atoms with Gasteiger partial charge in [0.25, 0.3) is 5.56 Å². The Morgan fingerprint density at radius 1 is 1.36 bits per heavy atom. The van der Waals surface area contributed by atoms with E-state index in [2.05, 4.69) is 10.1 Å². The lowest BCUT2D eigenvalue weighted by molar-refractivity contribution is 0.616. The summed E-state index contributed by atoms with van der Waals surface area (Å²) in [6.07, 6.45) is 3.41. The molecule has 114 valence electrons. The molecule has 0 saturated carbocycles. The Balaban J connectivity index is 2.15. The number of pyridine rings is 1. The van der Waals surface area contributed by atoms with Crippen LogP contribution in [0.2, 0.25) is 5.15 Å². The average molecular weight is 339 g/mol. The molecule has 0 radical (unpaired) electrons. The van der Waals surface area contributed by atoms with Crippen molar-refractivity contribution in [1.82, 2.24) is 19.2 Å². The maximum Gasteiger partial charge on any atom is 0.274 e. The van der Waals surface area contributed by atoms with E-state index in [0.717, 1.165) is 10.7 Å². The molecular weight excluding hydrogens is 327 g/mol. The second-order valence-electron chi connectivity index (χ2n) is 4.78. The van der Waals surface area contributed by atoms with E-state index in [1.807, 2.05) is 23.8 Å². The van der Waals surface area contributed by atoms with Crippen molar-refractivity contribution in [2.24, 2.45) is 0 Å². The fourth-order valence-corrected chi connectivity index (χ4v) is 2.73. The Hall–Kier alpha value is -1.86. The minimum atomic E-state index is -0.563. The quantitative estimate of drug-likeness (QED) is 0.544. The number of halogens is 2. The molecule has 3 aromatic heterocycles. The van der Waals surface area contributed by atoms with Crippen molar-refractivity contribution < 1.29 is 4.39 Å². The van der Waals surface area contributed by atoms with Crippen molar-refractivity contribution in [1.29, 1.82) is 0 Å². The predicted octanol–water partition coefficient (Wildman–Crippen LogP) is 2.76. The molecule has 0 bridgehead atoms. The first-order chi connectivity index (χ1) is 10.5. The lowest BCUT2D eigenvalue weighted by Gasteiger charge is -2.12. The van der Waals surface area contributed by atoms with E-state index in [0.29, 0.717) is 17.8 Å². The van der Waals surface area contributed by atoms with Crippen LogP contribution in [0.5, 0.6) is 0 Å². The first-order valence-corrected chi connectivity index (χ1v) is 8.04. The summed E-state index contributed by atoms with van der Waals surface area (Å²) in [6.45, 7) is 2.20. The highest BCUT2D eigenvalue weighted by atomic mass is 35.5. The van der Waals surface area contributed by atoms with Crippen LogP contribution in [0.15, 0.2) is 34.2 Å². The molecule has 0 unspecified atom stereocenters. The second kappa shape index (κ2) is 5.73. The third kappa shape index (κ3) is 2.62. The van der Waals surface area contributed by atoms with Gasteiger partial charge in [0.2, 0.25) is 0 Å². The average Bonchev–Trinajstić information content (AvgIpc) is 2.92. The molecule has 0 aliphatic rings. The SMILES string of the molecule is CSc1cc2n(Cc3cnc(Cl)c(F)c3)c(C)cc(=O)n2n1. The molecule has 8 heteroatoms. The van der Waals surface area contributed by atoms with E-state index in [1.54, 1.807) is 0 Å². The van der Waals surface area contributed by atoms with Gasteiger partial charge in [0.05, 0.1) is 6.54 Å². The van der Waals surface area contributed by atoms with Crippen LogP contribution in [-0.4, -0.2) is 25.4 Å². The van der Waals surface area contributed by atoms with E-state index in [4.69, 9.17) is 11.6 Å². The lowest BCUT2D eigenvalue weighted by atomic mass is 10.2. The number of aromatic nitrogens is 4. The fourth-order valence-electron chi connectivity index (χ4n) is 2.24. The van der Waals surface area contributed by atoms with Gasteiger partial charge in [0.15, 0.2) is 11.0 Å². The fraction of sp³-hybridized carbons (Fsp3) is 0.214. The Morgan fingerprint density at radius 2 is 2.14 bits per heavy atom. The normalized spacial score (nSPS) is 11.3. The topological polar surface area (TPSA) is 52.2 Å². The van der Waals surface area contributed by atoms with E-state index in [9.17, 15) is 9.18 Å². The van der Waals surface area contributed by atoms with Gasteiger partial charge in [-0.3, -0.25) is 4.79 Å². The summed E-state index contributed by atoms with van der Waals surface area (Å²) in [5, 5.41) is 4.84. The minimum Gasteiger partial charge on any atom is -0.326 e. The van der Waals surface area contributed by atoms with Gasteiger partial charge in [-0.15, -0.1) is 11.8 Å². The Morgan fingerprint density at radius 3 is 2.82 bits per heavy atom. The molecule has 3 aromatic rings. The Labute approximate surface area is 134 Å². The number of fused-ring (bicyclic) bond motifs is 1. The molecular formula is C14H12ClFN4OS. The van der Waals surface area contributed by atoms with E-state index >= 15 is 0 Å². The van der Waals surface area contributed by atoms with Crippen LogP contribution in [0.3, 0.4) is 0 Å². The molecule has 0 N–H and O–H groups in total. The summed E-state index contributed by atoms with van der Waals surface area (Å²) >= 11 is 7.06. The first-order valence-electron chi connectivity index (χ1n) is 6.43. The highest BCUT2D eigenvalue weighted by Crippen LogP contribution is 2.18. The van der Waals surface area contributed by atoms with Crippen LogP contribution < -0.4 is 5.56 Å². The molecule has 0 fully saturated rings. The molecule has 3 heterocycles. The standard InChI is InChI=1S/C14H12ClFN4OS/c1-8-3-13(21)20-12(5-11(18-20)22-2)19(8)7-9-4-10(16)14(15)17-6-9/h3-6H,7H2,1-2H3. The second-order valence-corrected chi connectivity index (χ2v) is 5.97. The predicted molar refractivity (Wildman–Crippen MR) is 84.3 cm³/mol. The summed E-state index contributed by atoms with van der Waals surface area (Å²) in [7, 11) is 0. The molecule has 0 saturated heterocycles. The number of hydrogen-bond donors (Lipinski definition) is 0. The van der Waals surface area contributed by atoms with Gasteiger partial charge in [-0.05, 0) is 24.8 Å². The van der Waals surface area contributed by atoms with E-state index < -0.39 is 5.82 Å². The van der Waals surface area contributed by atoms with Crippen LogP contribution >= 0.6 is 23.4 Å². The van der Waals surface area contributed by atoms with Crippen molar-refractivity contribution in [3.8, 4) is 0 Å². The molecule has 0 aromatic carbocycles. The maximum atomic E-state index is 13.5. The molecule has 3 rings (SSSR count). The van der Waals surface area contributed by atoms with Crippen LogP contribution in [0, 0.1) is 12.7 Å². The minimum absolute atomic E-state index is 0.153. The summed E-state index contributed by atoms with van der Waals surface area (Å²) < 4.78 is 16.8. The number of nitrogens with zero attached hydrogens (tertiary/aromatic N) is 4. The maximum absolute atomic E-state index is 13.5. The zero-order chi connectivity index (χ0) is 15.9. The molecule has 0 aliphatic carbocycles. The van der Waals surface area contributed by atoms with Crippen molar-refractivity contribution >= 4 is 29.0 Å². The van der Waals surface area contributed by atoms with Crippen LogP contribution in [0.25, 0.3) is 5.65 Å². The summed E-state index contributed by atoms with van der Waals surface area (Å²) in [6, 6.07) is 4.68. The highest BCUT2D eigenvalue weighted by molar-refractivity contribution is 7.98. The molecule has 0 amide bonds. The van der Waals surface area contributed by atoms with Crippen molar-refractivity contribution in [2.75, 3.05) is 6.26 Å². The number of aryl methyl sites for hydroxylation is 1. The molecule has 22 heavy (non-hydrogen) atoms.